The third kappa shape index (κ3) is 2.83. The van der Waals surface area contributed by atoms with E-state index in [4.69, 9.17) is 4.74 Å². The molecule has 2 saturated heterocycles. The van der Waals surface area contributed by atoms with Gasteiger partial charge in [-0.2, -0.15) is 0 Å². The summed E-state index contributed by atoms with van der Waals surface area (Å²) in [5.74, 6) is 1.66. The first-order chi connectivity index (χ1) is 8.34. The van der Waals surface area contributed by atoms with Crippen LogP contribution in [-0.2, 0) is 4.74 Å². The summed E-state index contributed by atoms with van der Waals surface area (Å²) in [6.07, 6.45) is 5.94. The molecule has 0 radical (unpaired) electrons. The summed E-state index contributed by atoms with van der Waals surface area (Å²) in [6.45, 7) is 8.24. The molecule has 2 heterocycles. The molecule has 0 aromatic carbocycles. The van der Waals surface area contributed by atoms with Gasteiger partial charge in [-0.3, -0.25) is 4.90 Å². The topological polar surface area (TPSA) is 24.5 Å². The van der Waals surface area contributed by atoms with Crippen molar-refractivity contribution in [2.45, 2.75) is 44.8 Å². The van der Waals surface area contributed by atoms with E-state index >= 15 is 0 Å². The van der Waals surface area contributed by atoms with E-state index in [1.165, 1.54) is 51.9 Å². The van der Waals surface area contributed by atoms with Crippen molar-refractivity contribution >= 4 is 0 Å². The highest BCUT2D eigenvalue weighted by atomic mass is 16.5. The molecule has 2 aliphatic heterocycles. The molecular formula is C14H26N2O. The summed E-state index contributed by atoms with van der Waals surface area (Å²) >= 11 is 0. The van der Waals surface area contributed by atoms with Crippen molar-refractivity contribution in [2.24, 2.45) is 11.8 Å². The van der Waals surface area contributed by atoms with Gasteiger partial charge in [0.1, 0.15) is 0 Å². The minimum Gasteiger partial charge on any atom is -0.376 e. The van der Waals surface area contributed by atoms with Crippen LogP contribution >= 0.6 is 0 Å². The lowest BCUT2D eigenvalue weighted by molar-refractivity contribution is 0.0386. The predicted octanol–water partition coefficient (Wildman–Crippen LogP) is 1.49. The summed E-state index contributed by atoms with van der Waals surface area (Å²) in [5, 5.41) is 3.54. The number of nitrogens with one attached hydrogen (secondary N) is 1. The minimum atomic E-state index is 0.564. The van der Waals surface area contributed by atoms with E-state index in [9.17, 15) is 0 Å². The molecule has 1 saturated carbocycles. The Bertz CT molecular complexity index is 255. The molecule has 3 atom stereocenters. The Morgan fingerprint density at radius 2 is 2.12 bits per heavy atom. The predicted molar refractivity (Wildman–Crippen MR) is 69.1 cm³/mol. The van der Waals surface area contributed by atoms with Gasteiger partial charge in [-0.1, -0.05) is 6.92 Å². The van der Waals surface area contributed by atoms with Gasteiger partial charge >= 0.3 is 0 Å². The first-order valence-corrected chi connectivity index (χ1v) is 7.41. The highest BCUT2D eigenvalue weighted by Crippen LogP contribution is 2.40. The normalized spacial score (nSPS) is 41.1. The second-order valence-corrected chi connectivity index (χ2v) is 6.19. The Balaban J connectivity index is 1.63. The maximum absolute atomic E-state index is 5.99. The van der Waals surface area contributed by atoms with Gasteiger partial charge in [0.05, 0.1) is 6.10 Å². The molecule has 98 valence electrons. The zero-order valence-electron chi connectivity index (χ0n) is 11.0. The van der Waals surface area contributed by atoms with Crippen molar-refractivity contribution in [2.75, 3.05) is 32.8 Å². The second-order valence-electron chi connectivity index (χ2n) is 6.19. The lowest BCUT2D eigenvalue weighted by Gasteiger charge is -2.35. The molecule has 0 bridgehead atoms. The number of hydrogen-bond acceptors (Lipinski definition) is 3. The molecule has 17 heavy (non-hydrogen) atoms. The largest absolute Gasteiger partial charge is 0.376 e. The van der Waals surface area contributed by atoms with E-state index in [0.717, 1.165) is 24.5 Å². The van der Waals surface area contributed by atoms with Crippen LogP contribution in [0.15, 0.2) is 0 Å². The Labute approximate surface area is 105 Å². The van der Waals surface area contributed by atoms with Crippen LogP contribution in [0.2, 0.25) is 0 Å². The number of hydrogen-bond donors (Lipinski definition) is 1. The summed E-state index contributed by atoms with van der Waals surface area (Å²) in [7, 11) is 0. The van der Waals surface area contributed by atoms with E-state index in [1.54, 1.807) is 0 Å². The average molecular weight is 238 g/mol. The monoisotopic (exact) mass is 238 g/mol. The van der Waals surface area contributed by atoms with Gasteiger partial charge in [-0.05, 0) is 57.2 Å². The van der Waals surface area contributed by atoms with E-state index in [2.05, 4.69) is 17.1 Å². The van der Waals surface area contributed by atoms with Crippen molar-refractivity contribution in [3.05, 3.63) is 0 Å². The van der Waals surface area contributed by atoms with Gasteiger partial charge in [0.2, 0.25) is 0 Å². The molecule has 3 unspecified atom stereocenters. The molecule has 0 spiro atoms. The molecule has 3 fully saturated rings. The van der Waals surface area contributed by atoms with E-state index in [0.29, 0.717) is 6.10 Å². The number of rotatable bonds is 2. The van der Waals surface area contributed by atoms with E-state index in [-0.39, 0.29) is 0 Å². The van der Waals surface area contributed by atoms with Crippen LogP contribution in [0.5, 0.6) is 0 Å². The molecule has 1 aliphatic carbocycles. The highest BCUT2D eigenvalue weighted by molar-refractivity contribution is 4.95. The quantitative estimate of drug-likeness (QED) is 0.789. The van der Waals surface area contributed by atoms with Crippen LogP contribution < -0.4 is 5.32 Å². The molecule has 0 amide bonds. The van der Waals surface area contributed by atoms with E-state index in [1.807, 2.05) is 0 Å². The van der Waals surface area contributed by atoms with Crippen molar-refractivity contribution < 1.29 is 4.74 Å². The van der Waals surface area contributed by atoms with Crippen LogP contribution in [0.4, 0.5) is 0 Å². The Kier molecular flexibility index (Phi) is 3.69. The molecule has 3 aliphatic rings. The van der Waals surface area contributed by atoms with Gasteiger partial charge in [-0.25, -0.2) is 0 Å². The summed E-state index contributed by atoms with van der Waals surface area (Å²) in [5.41, 5.74) is 0. The Morgan fingerprint density at radius 3 is 2.94 bits per heavy atom. The van der Waals surface area contributed by atoms with Crippen molar-refractivity contribution in [3.8, 4) is 0 Å². The summed E-state index contributed by atoms with van der Waals surface area (Å²) < 4.78 is 5.99. The maximum Gasteiger partial charge on any atom is 0.0759 e. The van der Waals surface area contributed by atoms with Gasteiger partial charge in [-0.15, -0.1) is 0 Å². The first kappa shape index (κ1) is 11.9. The molecule has 3 rings (SSSR count). The van der Waals surface area contributed by atoms with Gasteiger partial charge in [0.15, 0.2) is 0 Å². The van der Waals surface area contributed by atoms with E-state index < -0.39 is 0 Å². The third-order valence-electron chi connectivity index (χ3n) is 4.50. The number of ether oxygens (including phenoxy) is 1. The molecule has 1 N–H and O–H groups in total. The Morgan fingerprint density at radius 1 is 1.24 bits per heavy atom. The SMILES string of the molecule is CC1CNCCCN(C2CCOC2C2CC2)C1. The molecule has 0 aromatic heterocycles. The molecular weight excluding hydrogens is 212 g/mol. The standard InChI is InChI=1S/C14H26N2O/c1-11-9-15-6-2-7-16(10-11)13-5-8-17-14(13)12-3-4-12/h11-15H,2-10H2,1H3. The third-order valence-corrected chi connectivity index (χ3v) is 4.50. The zero-order valence-corrected chi connectivity index (χ0v) is 11.0. The highest BCUT2D eigenvalue weighted by Gasteiger charge is 2.43. The number of nitrogens with zero attached hydrogens (tertiary/aromatic N) is 1. The second kappa shape index (κ2) is 5.25. The summed E-state index contributed by atoms with van der Waals surface area (Å²) in [6, 6.07) is 0.725. The van der Waals surface area contributed by atoms with Crippen LogP contribution in [0, 0.1) is 11.8 Å². The lowest BCUT2D eigenvalue weighted by atomic mass is 10.0. The van der Waals surface area contributed by atoms with Crippen molar-refractivity contribution in [1.82, 2.24) is 10.2 Å². The fraction of sp³-hybridized carbons (Fsp3) is 1.00. The lowest BCUT2D eigenvalue weighted by Crippen LogP contribution is -2.47. The fourth-order valence-electron chi connectivity index (χ4n) is 3.48. The average Bonchev–Trinajstić information content (AvgIpc) is 3.02. The van der Waals surface area contributed by atoms with Crippen LogP contribution in [0.25, 0.3) is 0 Å². The molecule has 0 aromatic rings. The van der Waals surface area contributed by atoms with Crippen LogP contribution in [0.3, 0.4) is 0 Å². The fourth-order valence-corrected chi connectivity index (χ4v) is 3.48. The van der Waals surface area contributed by atoms with Crippen LogP contribution in [-0.4, -0.2) is 49.8 Å². The van der Waals surface area contributed by atoms with Crippen molar-refractivity contribution in [3.63, 3.8) is 0 Å². The first-order valence-electron chi connectivity index (χ1n) is 7.41. The van der Waals surface area contributed by atoms with Gasteiger partial charge < -0.3 is 10.1 Å². The smallest absolute Gasteiger partial charge is 0.0759 e. The zero-order chi connectivity index (χ0) is 11.7. The molecule has 3 nitrogen and oxygen atoms in total. The van der Waals surface area contributed by atoms with Gasteiger partial charge in [0.25, 0.3) is 0 Å². The maximum atomic E-state index is 5.99. The minimum absolute atomic E-state index is 0.564. The van der Waals surface area contributed by atoms with Crippen molar-refractivity contribution in [1.29, 1.82) is 0 Å². The molecule has 3 heteroatoms. The van der Waals surface area contributed by atoms with Gasteiger partial charge in [0, 0.05) is 19.2 Å². The Hall–Kier alpha value is -0.120. The van der Waals surface area contributed by atoms with Crippen LogP contribution in [0.1, 0.15) is 32.6 Å². The summed E-state index contributed by atoms with van der Waals surface area (Å²) in [4.78, 5) is 2.74.